The van der Waals surface area contributed by atoms with Crippen molar-refractivity contribution in [3.8, 4) is 0 Å². The summed E-state index contributed by atoms with van der Waals surface area (Å²) >= 11 is 0. The summed E-state index contributed by atoms with van der Waals surface area (Å²) in [5, 5.41) is 1.81. The van der Waals surface area contributed by atoms with Gasteiger partial charge in [0.05, 0.1) is 6.10 Å². The lowest BCUT2D eigenvalue weighted by Crippen LogP contribution is -2.35. The largest absolute Gasteiger partial charge is 0.374 e. The Morgan fingerprint density at radius 3 is 2.62 bits per heavy atom. The maximum atomic E-state index is 12.8. The Kier molecular flexibility index (Phi) is 3.40. The van der Waals surface area contributed by atoms with Gasteiger partial charge in [-0.05, 0) is 69.7 Å². The van der Waals surface area contributed by atoms with Crippen molar-refractivity contribution in [1.82, 2.24) is 4.57 Å². The molecule has 0 amide bonds. The van der Waals surface area contributed by atoms with Crippen LogP contribution in [0.3, 0.4) is 0 Å². The van der Waals surface area contributed by atoms with E-state index in [0.717, 1.165) is 35.9 Å². The standard InChI is InChI=1S/C18H23NO2/c1-12-10-14-11-13(16-6-5-9-21-16)7-8-15(14)17(20)19(12)18(2,3)4/h7-8,10-11,16H,5-6,9H2,1-4H3. The van der Waals surface area contributed by atoms with Crippen molar-refractivity contribution in [2.75, 3.05) is 6.61 Å². The average Bonchev–Trinajstić information content (AvgIpc) is 2.90. The Morgan fingerprint density at radius 2 is 2.00 bits per heavy atom. The average molecular weight is 285 g/mol. The minimum Gasteiger partial charge on any atom is -0.374 e. The first kappa shape index (κ1) is 14.3. The zero-order valence-electron chi connectivity index (χ0n) is 13.3. The maximum absolute atomic E-state index is 12.8. The van der Waals surface area contributed by atoms with Crippen molar-refractivity contribution >= 4 is 10.8 Å². The summed E-state index contributed by atoms with van der Waals surface area (Å²) in [4.78, 5) is 12.8. The van der Waals surface area contributed by atoms with Crippen LogP contribution < -0.4 is 5.56 Å². The molecule has 0 aliphatic carbocycles. The molecule has 1 fully saturated rings. The molecule has 1 saturated heterocycles. The minimum atomic E-state index is -0.206. The highest BCUT2D eigenvalue weighted by Gasteiger charge is 2.21. The van der Waals surface area contributed by atoms with Crippen molar-refractivity contribution in [3.63, 3.8) is 0 Å². The minimum absolute atomic E-state index is 0.0939. The van der Waals surface area contributed by atoms with Crippen LogP contribution in [0.5, 0.6) is 0 Å². The molecule has 1 aliphatic heterocycles. The molecule has 1 aromatic heterocycles. The summed E-state index contributed by atoms with van der Waals surface area (Å²) in [7, 11) is 0. The van der Waals surface area contributed by atoms with E-state index < -0.39 is 0 Å². The fourth-order valence-electron chi connectivity index (χ4n) is 3.34. The van der Waals surface area contributed by atoms with Crippen molar-refractivity contribution in [1.29, 1.82) is 0 Å². The van der Waals surface area contributed by atoms with Gasteiger partial charge in [0.2, 0.25) is 0 Å². The molecular formula is C18H23NO2. The first-order valence-electron chi connectivity index (χ1n) is 7.66. The number of fused-ring (bicyclic) bond motifs is 1. The molecule has 0 bridgehead atoms. The summed E-state index contributed by atoms with van der Waals surface area (Å²) in [5.74, 6) is 0. The molecule has 21 heavy (non-hydrogen) atoms. The number of hydrogen-bond acceptors (Lipinski definition) is 2. The zero-order valence-corrected chi connectivity index (χ0v) is 13.3. The molecule has 1 atom stereocenters. The number of pyridine rings is 1. The first-order chi connectivity index (χ1) is 9.88. The van der Waals surface area contributed by atoms with Gasteiger partial charge in [0.25, 0.3) is 5.56 Å². The number of ether oxygens (including phenoxy) is 1. The van der Waals surface area contributed by atoms with E-state index in [1.54, 1.807) is 0 Å². The molecule has 1 aliphatic rings. The number of benzene rings is 1. The normalized spacial score (nSPS) is 19.3. The third-order valence-corrected chi connectivity index (χ3v) is 4.20. The Balaban J connectivity index is 2.18. The molecule has 1 aromatic carbocycles. The van der Waals surface area contributed by atoms with Crippen LogP contribution in [-0.4, -0.2) is 11.2 Å². The lowest BCUT2D eigenvalue weighted by Gasteiger charge is -2.25. The van der Waals surface area contributed by atoms with Gasteiger partial charge in [-0.3, -0.25) is 4.79 Å². The topological polar surface area (TPSA) is 31.2 Å². The molecule has 0 saturated carbocycles. The van der Waals surface area contributed by atoms with Crippen molar-refractivity contribution in [2.24, 2.45) is 0 Å². The Bertz CT molecular complexity index is 731. The van der Waals surface area contributed by atoms with Crippen LogP contribution in [0.4, 0.5) is 0 Å². The highest BCUT2D eigenvalue weighted by atomic mass is 16.5. The van der Waals surface area contributed by atoms with E-state index in [4.69, 9.17) is 4.74 Å². The van der Waals surface area contributed by atoms with E-state index >= 15 is 0 Å². The Morgan fingerprint density at radius 1 is 1.24 bits per heavy atom. The first-order valence-corrected chi connectivity index (χ1v) is 7.66. The third kappa shape index (κ3) is 2.51. The van der Waals surface area contributed by atoms with Crippen LogP contribution in [0.2, 0.25) is 0 Å². The van der Waals surface area contributed by atoms with Gasteiger partial charge in [-0.25, -0.2) is 0 Å². The summed E-state index contributed by atoms with van der Waals surface area (Å²) in [6, 6.07) is 8.23. The van der Waals surface area contributed by atoms with Crippen molar-refractivity contribution < 1.29 is 4.74 Å². The third-order valence-electron chi connectivity index (χ3n) is 4.20. The molecule has 1 unspecified atom stereocenters. The Labute approximate surface area is 125 Å². The molecule has 2 heterocycles. The SMILES string of the molecule is Cc1cc2cc(C3CCCO3)ccc2c(=O)n1C(C)(C)C. The van der Waals surface area contributed by atoms with E-state index in [9.17, 15) is 4.79 Å². The molecule has 112 valence electrons. The number of nitrogens with zero attached hydrogens (tertiary/aromatic N) is 1. The van der Waals surface area contributed by atoms with Crippen LogP contribution >= 0.6 is 0 Å². The second kappa shape index (κ2) is 4.99. The number of aryl methyl sites for hydroxylation is 1. The molecule has 3 nitrogen and oxygen atoms in total. The molecule has 2 aromatic rings. The Hall–Kier alpha value is -1.61. The van der Waals surface area contributed by atoms with E-state index in [0.29, 0.717) is 0 Å². The smallest absolute Gasteiger partial charge is 0.259 e. The predicted molar refractivity (Wildman–Crippen MR) is 85.9 cm³/mol. The molecule has 0 spiro atoms. The highest BCUT2D eigenvalue weighted by molar-refractivity contribution is 5.82. The second-order valence-electron chi connectivity index (χ2n) is 6.95. The lowest BCUT2D eigenvalue weighted by molar-refractivity contribution is 0.112. The molecule has 0 N–H and O–H groups in total. The fraction of sp³-hybridized carbons (Fsp3) is 0.500. The molecular weight excluding hydrogens is 262 g/mol. The van der Waals surface area contributed by atoms with Gasteiger partial charge in [-0.15, -0.1) is 0 Å². The van der Waals surface area contributed by atoms with E-state index in [-0.39, 0.29) is 17.2 Å². The van der Waals surface area contributed by atoms with E-state index in [1.165, 1.54) is 5.56 Å². The summed E-state index contributed by atoms with van der Waals surface area (Å²) in [6.07, 6.45) is 2.39. The van der Waals surface area contributed by atoms with Crippen molar-refractivity contribution in [2.45, 2.75) is 52.2 Å². The van der Waals surface area contributed by atoms with Gasteiger partial charge < -0.3 is 9.30 Å². The van der Waals surface area contributed by atoms with Crippen LogP contribution in [-0.2, 0) is 10.3 Å². The van der Waals surface area contributed by atoms with Gasteiger partial charge in [0.1, 0.15) is 0 Å². The van der Waals surface area contributed by atoms with Crippen LogP contribution in [0, 0.1) is 6.92 Å². The maximum Gasteiger partial charge on any atom is 0.259 e. The van der Waals surface area contributed by atoms with Crippen LogP contribution in [0.25, 0.3) is 10.8 Å². The molecule has 3 heteroatoms. The van der Waals surface area contributed by atoms with Gasteiger partial charge in [0, 0.05) is 23.2 Å². The van der Waals surface area contributed by atoms with E-state index in [2.05, 4.69) is 32.9 Å². The summed E-state index contributed by atoms with van der Waals surface area (Å²) in [5.41, 5.74) is 2.08. The number of aromatic nitrogens is 1. The van der Waals surface area contributed by atoms with Crippen LogP contribution in [0.1, 0.15) is 51.0 Å². The fourth-order valence-corrected chi connectivity index (χ4v) is 3.34. The highest BCUT2D eigenvalue weighted by Crippen LogP contribution is 2.30. The zero-order chi connectivity index (χ0) is 15.2. The second-order valence-corrected chi connectivity index (χ2v) is 6.95. The predicted octanol–water partition coefficient (Wildman–Crippen LogP) is 3.92. The molecule has 3 rings (SSSR count). The van der Waals surface area contributed by atoms with Crippen LogP contribution in [0.15, 0.2) is 29.1 Å². The van der Waals surface area contributed by atoms with E-state index in [1.807, 2.05) is 23.6 Å². The van der Waals surface area contributed by atoms with Gasteiger partial charge in [0.15, 0.2) is 0 Å². The monoisotopic (exact) mass is 285 g/mol. The quantitative estimate of drug-likeness (QED) is 0.795. The summed E-state index contributed by atoms with van der Waals surface area (Å²) in [6.45, 7) is 9.04. The number of rotatable bonds is 1. The molecule has 0 radical (unpaired) electrons. The summed E-state index contributed by atoms with van der Waals surface area (Å²) < 4.78 is 7.62. The van der Waals surface area contributed by atoms with Gasteiger partial charge >= 0.3 is 0 Å². The number of hydrogen-bond donors (Lipinski definition) is 0. The van der Waals surface area contributed by atoms with Crippen molar-refractivity contribution in [3.05, 3.63) is 45.9 Å². The van der Waals surface area contributed by atoms with Gasteiger partial charge in [-0.2, -0.15) is 0 Å². The lowest BCUT2D eigenvalue weighted by atomic mass is 10.0. The van der Waals surface area contributed by atoms with Gasteiger partial charge in [-0.1, -0.05) is 6.07 Å².